The van der Waals surface area contributed by atoms with Crippen molar-refractivity contribution < 1.29 is 0 Å². The van der Waals surface area contributed by atoms with Gasteiger partial charge in [0.2, 0.25) is 0 Å². The average Bonchev–Trinajstić information content (AvgIpc) is 2.30. The van der Waals surface area contributed by atoms with Crippen LogP contribution in [0.3, 0.4) is 0 Å². The SMILES string of the molecule is Cc1ccc(N(C)C)c(CN2CCNCC2)c1. The van der Waals surface area contributed by atoms with Gasteiger partial charge in [-0.25, -0.2) is 0 Å². The van der Waals surface area contributed by atoms with Gasteiger partial charge in [-0.2, -0.15) is 0 Å². The number of nitrogens with one attached hydrogen (secondary N) is 1. The number of benzene rings is 1. The Morgan fingerprint density at radius 3 is 2.59 bits per heavy atom. The minimum atomic E-state index is 1.07. The van der Waals surface area contributed by atoms with Crippen LogP contribution in [0.15, 0.2) is 18.2 Å². The molecule has 0 amide bonds. The van der Waals surface area contributed by atoms with E-state index in [1.807, 2.05) is 0 Å². The minimum Gasteiger partial charge on any atom is -0.377 e. The molecule has 1 saturated heterocycles. The molecular weight excluding hydrogens is 210 g/mol. The predicted octanol–water partition coefficient (Wildman–Crippen LogP) is 1.47. The van der Waals surface area contributed by atoms with Crippen LogP contribution in [0.1, 0.15) is 11.1 Å². The quantitative estimate of drug-likeness (QED) is 0.853. The van der Waals surface area contributed by atoms with E-state index in [0.29, 0.717) is 0 Å². The zero-order chi connectivity index (χ0) is 12.3. The smallest absolute Gasteiger partial charge is 0.0406 e. The molecule has 1 heterocycles. The maximum absolute atomic E-state index is 3.40. The van der Waals surface area contributed by atoms with E-state index in [4.69, 9.17) is 0 Å². The Labute approximate surface area is 104 Å². The molecule has 1 fully saturated rings. The highest BCUT2D eigenvalue weighted by Crippen LogP contribution is 2.21. The number of piperazine rings is 1. The number of hydrogen-bond donors (Lipinski definition) is 1. The largest absolute Gasteiger partial charge is 0.377 e. The molecule has 17 heavy (non-hydrogen) atoms. The van der Waals surface area contributed by atoms with Gasteiger partial charge in [0, 0.05) is 52.5 Å². The summed E-state index contributed by atoms with van der Waals surface area (Å²) in [4.78, 5) is 4.73. The fourth-order valence-electron chi connectivity index (χ4n) is 2.39. The lowest BCUT2D eigenvalue weighted by Gasteiger charge is -2.29. The van der Waals surface area contributed by atoms with Gasteiger partial charge in [0.1, 0.15) is 0 Å². The Bertz CT molecular complexity index is 368. The summed E-state index contributed by atoms with van der Waals surface area (Å²) in [5.41, 5.74) is 4.13. The second kappa shape index (κ2) is 5.52. The van der Waals surface area contributed by atoms with Crippen LogP contribution < -0.4 is 10.2 Å². The monoisotopic (exact) mass is 233 g/mol. The van der Waals surface area contributed by atoms with Crippen LogP contribution >= 0.6 is 0 Å². The molecular formula is C14H23N3. The van der Waals surface area contributed by atoms with Crippen molar-refractivity contribution in [3.05, 3.63) is 29.3 Å². The lowest BCUT2D eigenvalue weighted by molar-refractivity contribution is 0.233. The average molecular weight is 233 g/mol. The highest BCUT2D eigenvalue weighted by molar-refractivity contribution is 5.53. The molecule has 3 nitrogen and oxygen atoms in total. The standard InChI is InChI=1S/C14H23N3/c1-12-4-5-14(16(2)3)13(10-12)11-17-8-6-15-7-9-17/h4-5,10,15H,6-9,11H2,1-3H3. The van der Waals surface area contributed by atoms with E-state index < -0.39 is 0 Å². The van der Waals surface area contributed by atoms with Gasteiger partial charge in [-0.1, -0.05) is 17.7 Å². The molecule has 1 aliphatic heterocycles. The minimum absolute atomic E-state index is 1.07. The summed E-state index contributed by atoms with van der Waals surface area (Å²) in [5.74, 6) is 0. The van der Waals surface area contributed by atoms with Crippen molar-refractivity contribution in [2.24, 2.45) is 0 Å². The molecule has 0 bridgehead atoms. The van der Waals surface area contributed by atoms with Gasteiger partial charge in [0.05, 0.1) is 0 Å². The van der Waals surface area contributed by atoms with Gasteiger partial charge >= 0.3 is 0 Å². The summed E-state index contributed by atoms with van der Waals surface area (Å²) >= 11 is 0. The van der Waals surface area contributed by atoms with Crippen LogP contribution in [0.25, 0.3) is 0 Å². The van der Waals surface area contributed by atoms with Crippen molar-refractivity contribution in [2.75, 3.05) is 45.2 Å². The van der Waals surface area contributed by atoms with Crippen LogP contribution in [0.5, 0.6) is 0 Å². The maximum Gasteiger partial charge on any atom is 0.0406 e. The lowest BCUT2D eigenvalue weighted by atomic mass is 10.1. The molecule has 94 valence electrons. The molecule has 0 atom stereocenters. The second-order valence-electron chi connectivity index (χ2n) is 5.05. The third-order valence-electron chi connectivity index (χ3n) is 3.32. The lowest BCUT2D eigenvalue weighted by Crippen LogP contribution is -2.43. The third kappa shape index (κ3) is 3.20. The topological polar surface area (TPSA) is 18.5 Å². The van der Waals surface area contributed by atoms with Gasteiger partial charge in [-0.05, 0) is 18.6 Å². The summed E-state index contributed by atoms with van der Waals surface area (Å²) in [6.45, 7) is 7.77. The van der Waals surface area contributed by atoms with Crippen molar-refractivity contribution >= 4 is 5.69 Å². The Morgan fingerprint density at radius 2 is 1.94 bits per heavy atom. The second-order valence-corrected chi connectivity index (χ2v) is 5.05. The zero-order valence-corrected chi connectivity index (χ0v) is 11.2. The van der Waals surface area contributed by atoms with Gasteiger partial charge < -0.3 is 10.2 Å². The first-order valence-corrected chi connectivity index (χ1v) is 6.37. The normalized spacial score (nSPS) is 17.1. The summed E-state index contributed by atoms with van der Waals surface area (Å²) in [7, 11) is 4.23. The molecule has 0 radical (unpaired) electrons. The van der Waals surface area contributed by atoms with E-state index in [1.54, 1.807) is 0 Å². The van der Waals surface area contributed by atoms with Gasteiger partial charge in [-0.3, -0.25) is 4.90 Å². The summed E-state index contributed by atoms with van der Waals surface area (Å²) < 4.78 is 0. The van der Waals surface area contributed by atoms with Crippen molar-refractivity contribution in [2.45, 2.75) is 13.5 Å². The van der Waals surface area contributed by atoms with Gasteiger partial charge in [0.25, 0.3) is 0 Å². The first kappa shape index (κ1) is 12.4. The molecule has 0 spiro atoms. The van der Waals surface area contributed by atoms with Crippen LogP contribution in [0.4, 0.5) is 5.69 Å². The summed E-state index contributed by atoms with van der Waals surface area (Å²) in [5, 5.41) is 3.40. The van der Waals surface area contributed by atoms with Crippen molar-refractivity contribution in [1.29, 1.82) is 0 Å². The fourth-order valence-corrected chi connectivity index (χ4v) is 2.39. The zero-order valence-electron chi connectivity index (χ0n) is 11.2. The van der Waals surface area contributed by atoms with E-state index in [2.05, 4.69) is 54.3 Å². The molecule has 0 aromatic heterocycles. The van der Waals surface area contributed by atoms with Crippen LogP contribution in [0, 0.1) is 6.92 Å². The molecule has 1 aromatic carbocycles. The van der Waals surface area contributed by atoms with Gasteiger partial charge in [0.15, 0.2) is 0 Å². The molecule has 3 heteroatoms. The Hall–Kier alpha value is -1.06. The molecule has 1 aliphatic rings. The van der Waals surface area contributed by atoms with Crippen molar-refractivity contribution in [1.82, 2.24) is 10.2 Å². The number of hydrogen-bond acceptors (Lipinski definition) is 3. The molecule has 1 N–H and O–H groups in total. The summed E-state index contributed by atoms with van der Waals surface area (Å²) in [6.07, 6.45) is 0. The number of nitrogens with zero attached hydrogens (tertiary/aromatic N) is 2. The maximum atomic E-state index is 3.40. The Kier molecular flexibility index (Phi) is 4.02. The van der Waals surface area contributed by atoms with E-state index in [0.717, 1.165) is 32.7 Å². The predicted molar refractivity (Wildman–Crippen MR) is 73.7 cm³/mol. The Balaban J connectivity index is 2.14. The first-order valence-electron chi connectivity index (χ1n) is 6.37. The number of anilines is 1. The van der Waals surface area contributed by atoms with E-state index in [1.165, 1.54) is 16.8 Å². The van der Waals surface area contributed by atoms with E-state index in [-0.39, 0.29) is 0 Å². The van der Waals surface area contributed by atoms with Crippen LogP contribution in [0.2, 0.25) is 0 Å². The van der Waals surface area contributed by atoms with Crippen molar-refractivity contribution in [3.8, 4) is 0 Å². The molecule has 0 unspecified atom stereocenters. The highest BCUT2D eigenvalue weighted by atomic mass is 15.2. The molecule has 2 rings (SSSR count). The first-order chi connectivity index (χ1) is 8.16. The third-order valence-corrected chi connectivity index (χ3v) is 3.32. The Morgan fingerprint density at radius 1 is 1.24 bits per heavy atom. The number of aryl methyl sites for hydroxylation is 1. The van der Waals surface area contributed by atoms with E-state index >= 15 is 0 Å². The molecule has 0 aliphatic carbocycles. The molecule has 1 aromatic rings. The summed E-state index contributed by atoms with van der Waals surface area (Å²) in [6, 6.07) is 6.74. The number of rotatable bonds is 3. The van der Waals surface area contributed by atoms with Crippen molar-refractivity contribution in [3.63, 3.8) is 0 Å². The highest BCUT2D eigenvalue weighted by Gasteiger charge is 2.12. The molecule has 0 saturated carbocycles. The van der Waals surface area contributed by atoms with Crippen LogP contribution in [-0.2, 0) is 6.54 Å². The van der Waals surface area contributed by atoms with E-state index in [9.17, 15) is 0 Å². The van der Waals surface area contributed by atoms with Crippen LogP contribution in [-0.4, -0.2) is 45.2 Å². The fraction of sp³-hybridized carbons (Fsp3) is 0.571. The van der Waals surface area contributed by atoms with Gasteiger partial charge in [-0.15, -0.1) is 0 Å².